The first-order valence-corrected chi connectivity index (χ1v) is 9.71. The van der Waals surface area contributed by atoms with E-state index in [1.54, 1.807) is 24.3 Å². The number of thiocarbonyl (C=S) groups is 1. The van der Waals surface area contributed by atoms with Crippen LogP contribution in [0, 0.1) is 10.1 Å². The van der Waals surface area contributed by atoms with Crippen LogP contribution >= 0.6 is 23.8 Å². The number of hydrogen-bond donors (Lipinski definition) is 3. The summed E-state index contributed by atoms with van der Waals surface area (Å²) in [4.78, 5) is 34.1. The van der Waals surface area contributed by atoms with Gasteiger partial charge < -0.3 is 10.6 Å². The molecule has 156 valence electrons. The number of nitrogens with one attached hydrogen (secondary N) is 3. The third kappa shape index (κ3) is 7.26. The zero-order valence-corrected chi connectivity index (χ0v) is 17.5. The molecular formula is C20H19ClN4O4S. The summed E-state index contributed by atoms with van der Waals surface area (Å²) in [6, 6.07) is 10.7. The topological polar surface area (TPSA) is 113 Å². The van der Waals surface area contributed by atoms with E-state index in [1.165, 1.54) is 30.4 Å². The average Bonchev–Trinajstić information content (AvgIpc) is 2.69. The molecule has 0 spiro atoms. The summed E-state index contributed by atoms with van der Waals surface area (Å²) < 4.78 is 0. The molecule has 10 heteroatoms. The Bertz CT molecular complexity index is 1010. The van der Waals surface area contributed by atoms with Gasteiger partial charge in [-0.05, 0) is 48.5 Å². The molecule has 30 heavy (non-hydrogen) atoms. The second-order valence-electron chi connectivity index (χ2n) is 6.12. The molecule has 0 saturated carbocycles. The van der Waals surface area contributed by atoms with Gasteiger partial charge in [0.2, 0.25) is 11.8 Å². The van der Waals surface area contributed by atoms with Gasteiger partial charge in [0.25, 0.3) is 5.69 Å². The molecule has 3 N–H and O–H groups in total. The lowest BCUT2D eigenvalue weighted by molar-refractivity contribution is -0.384. The Balaban J connectivity index is 1.98. The predicted octanol–water partition coefficient (Wildman–Crippen LogP) is 4.51. The van der Waals surface area contributed by atoms with Gasteiger partial charge >= 0.3 is 0 Å². The van der Waals surface area contributed by atoms with E-state index in [-0.39, 0.29) is 16.7 Å². The maximum atomic E-state index is 12.1. The molecule has 0 unspecified atom stereocenters. The van der Waals surface area contributed by atoms with E-state index < -0.39 is 10.8 Å². The van der Waals surface area contributed by atoms with Gasteiger partial charge in [-0.3, -0.25) is 25.0 Å². The summed E-state index contributed by atoms with van der Waals surface area (Å²) in [7, 11) is 0. The quantitative estimate of drug-likeness (QED) is 0.249. The molecule has 8 nitrogen and oxygen atoms in total. The first-order valence-electron chi connectivity index (χ1n) is 8.92. The van der Waals surface area contributed by atoms with Gasteiger partial charge in [-0.15, -0.1) is 0 Å². The number of carbonyl (C=O) groups is 2. The minimum Gasteiger partial charge on any atom is -0.331 e. The van der Waals surface area contributed by atoms with Crippen molar-refractivity contribution in [2.75, 3.05) is 10.6 Å². The molecular weight excluding hydrogens is 428 g/mol. The smallest absolute Gasteiger partial charge is 0.270 e. The molecule has 0 fully saturated rings. The van der Waals surface area contributed by atoms with Crippen LogP contribution < -0.4 is 16.0 Å². The molecule has 0 aromatic heterocycles. The summed E-state index contributed by atoms with van der Waals surface area (Å²) in [6.07, 6.45) is 3.76. The van der Waals surface area contributed by atoms with Gasteiger partial charge in [0.05, 0.1) is 15.6 Å². The van der Waals surface area contributed by atoms with Gasteiger partial charge in [-0.2, -0.15) is 0 Å². The molecule has 0 aliphatic carbocycles. The van der Waals surface area contributed by atoms with Gasteiger partial charge in [0.1, 0.15) is 0 Å². The predicted molar refractivity (Wildman–Crippen MR) is 121 cm³/mol. The van der Waals surface area contributed by atoms with E-state index in [9.17, 15) is 19.7 Å². The number of halogens is 1. The molecule has 0 aliphatic rings. The number of carbonyl (C=O) groups excluding carboxylic acids is 2. The van der Waals surface area contributed by atoms with E-state index >= 15 is 0 Å². The third-order valence-corrected chi connectivity index (χ3v) is 4.25. The number of anilines is 2. The van der Waals surface area contributed by atoms with Crippen LogP contribution in [0.1, 0.15) is 25.3 Å². The Kier molecular flexibility index (Phi) is 8.45. The van der Waals surface area contributed by atoms with E-state index in [4.69, 9.17) is 23.8 Å². The summed E-state index contributed by atoms with van der Waals surface area (Å²) in [5.41, 5.74) is 1.38. The fourth-order valence-electron chi connectivity index (χ4n) is 2.37. The minimum absolute atomic E-state index is 0.00243. The van der Waals surface area contributed by atoms with Crippen LogP contribution in [0.3, 0.4) is 0 Å². The van der Waals surface area contributed by atoms with E-state index in [1.807, 2.05) is 6.92 Å². The van der Waals surface area contributed by atoms with Crippen molar-refractivity contribution in [2.24, 2.45) is 0 Å². The largest absolute Gasteiger partial charge is 0.331 e. The number of nitro groups is 1. The van der Waals surface area contributed by atoms with E-state index in [0.717, 1.165) is 6.42 Å². The highest BCUT2D eigenvalue weighted by molar-refractivity contribution is 7.80. The molecule has 0 heterocycles. The van der Waals surface area contributed by atoms with Crippen LogP contribution in [0.4, 0.5) is 17.1 Å². The molecule has 0 bridgehead atoms. The third-order valence-electron chi connectivity index (χ3n) is 3.72. The van der Waals surface area contributed by atoms with Crippen molar-refractivity contribution in [3.8, 4) is 0 Å². The first kappa shape index (κ1) is 23.0. The van der Waals surface area contributed by atoms with E-state index in [0.29, 0.717) is 28.4 Å². The lowest BCUT2D eigenvalue weighted by Crippen LogP contribution is -2.32. The van der Waals surface area contributed by atoms with Crippen LogP contribution in [0.25, 0.3) is 6.08 Å². The van der Waals surface area contributed by atoms with Crippen molar-refractivity contribution in [1.29, 1.82) is 0 Å². The van der Waals surface area contributed by atoms with Gasteiger partial charge in [0.15, 0.2) is 5.11 Å². The molecule has 0 saturated heterocycles. The van der Waals surface area contributed by atoms with Crippen LogP contribution in [0.2, 0.25) is 5.02 Å². The zero-order valence-electron chi connectivity index (χ0n) is 16.0. The van der Waals surface area contributed by atoms with Gasteiger partial charge in [0, 0.05) is 30.3 Å². The number of amides is 2. The highest BCUT2D eigenvalue weighted by Gasteiger charge is 2.09. The Hall–Kier alpha value is -3.30. The van der Waals surface area contributed by atoms with Crippen LogP contribution in [-0.2, 0) is 9.59 Å². The summed E-state index contributed by atoms with van der Waals surface area (Å²) >= 11 is 11.3. The van der Waals surface area contributed by atoms with Crippen molar-refractivity contribution in [3.05, 3.63) is 69.2 Å². The molecule has 0 radical (unpaired) electrons. The van der Waals surface area contributed by atoms with Gasteiger partial charge in [-0.25, -0.2) is 0 Å². The highest BCUT2D eigenvalue weighted by atomic mass is 35.5. The summed E-state index contributed by atoms with van der Waals surface area (Å²) in [6.45, 7) is 1.91. The second kappa shape index (κ2) is 11.0. The van der Waals surface area contributed by atoms with Crippen molar-refractivity contribution in [1.82, 2.24) is 5.32 Å². The van der Waals surface area contributed by atoms with Crippen LogP contribution in [0.5, 0.6) is 0 Å². The van der Waals surface area contributed by atoms with Gasteiger partial charge in [-0.1, -0.05) is 30.7 Å². The lowest BCUT2D eigenvalue weighted by atomic mass is 10.2. The first-order chi connectivity index (χ1) is 14.3. The number of rotatable bonds is 7. The van der Waals surface area contributed by atoms with Crippen LogP contribution in [0.15, 0.2) is 48.5 Å². The lowest BCUT2D eigenvalue weighted by Gasteiger charge is -2.12. The Labute approximate surface area is 183 Å². The maximum Gasteiger partial charge on any atom is 0.270 e. The standard InChI is InChI=1S/C20H19ClN4O4S/c1-2-4-18(26)22-14-8-9-16(21)17(12-14)23-20(30)24-19(27)10-7-13-5-3-6-15(11-13)25(28)29/h3,5-12H,2,4H2,1H3,(H,22,26)(H2,23,24,27,30). The number of nitro benzene ring substituents is 1. The SMILES string of the molecule is CCCC(=O)Nc1ccc(Cl)c(NC(=S)NC(=O)C=Cc2cccc([N+](=O)[O-])c2)c1. The van der Waals surface area contributed by atoms with Crippen LogP contribution in [-0.4, -0.2) is 21.9 Å². The second-order valence-corrected chi connectivity index (χ2v) is 6.94. The average molecular weight is 447 g/mol. The highest BCUT2D eigenvalue weighted by Crippen LogP contribution is 2.25. The molecule has 2 rings (SSSR count). The minimum atomic E-state index is -0.525. The number of nitrogens with zero attached hydrogens (tertiary/aromatic N) is 1. The fraction of sp³-hybridized carbons (Fsp3) is 0.150. The van der Waals surface area contributed by atoms with Crippen molar-refractivity contribution in [3.63, 3.8) is 0 Å². The Morgan fingerprint density at radius 3 is 2.67 bits per heavy atom. The normalized spacial score (nSPS) is 10.5. The van der Waals surface area contributed by atoms with Crippen molar-refractivity contribution < 1.29 is 14.5 Å². The molecule has 2 aromatic rings. The maximum absolute atomic E-state index is 12.1. The fourth-order valence-corrected chi connectivity index (χ4v) is 2.75. The Morgan fingerprint density at radius 1 is 1.20 bits per heavy atom. The summed E-state index contributed by atoms with van der Waals surface area (Å²) in [5, 5.41) is 19.2. The molecule has 0 aliphatic heterocycles. The number of hydrogen-bond acceptors (Lipinski definition) is 5. The summed E-state index contributed by atoms with van der Waals surface area (Å²) in [5.74, 6) is -0.643. The molecule has 2 amide bonds. The van der Waals surface area contributed by atoms with E-state index in [2.05, 4.69) is 16.0 Å². The Morgan fingerprint density at radius 2 is 1.97 bits per heavy atom. The monoisotopic (exact) mass is 446 g/mol. The number of non-ortho nitro benzene ring substituents is 1. The molecule has 0 atom stereocenters. The number of benzene rings is 2. The molecule has 2 aromatic carbocycles. The zero-order chi connectivity index (χ0) is 22.1. The van der Waals surface area contributed by atoms with Crippen molar-refractivity contribution >= 4 is 63.9 Å². The van der Waals surface area contributed by atoms with Crippen molar-refractivity contribution in [2.45, 2.75) is 19.8 Å².